The Bertz CT molecular complexity index is 968. The number of rotatable bonds is 6. The maximum absolute atomic E-state index is 11.2. The highest BCUT2D eigenvalue weighted by Crippen LogP contribution is 2.43. The second-order valence-electron chi connectivity index (χ2n) is 7.46. The van der Waals surface area contributed by atoms with E-state index in [1.165, 1.54) is 7.05 Å². The van der Waals surface area contributed by atoms with Crippen molar-refractivity contribution in [2.45, 2.75) is 32.9 Å². The molecule has 1 aromatic heterocycles. The van der Waals surface area contributed by atoms with E-state index in [2.05, 4.69) is 24.9 Å². The molecule has 152 valence electrons. The maximum Gasteiger partial charge on any atom is 0.412 e. The fraction of sp³-hybridized carbons (Fsp3) is 0.381. The van der Waals surface area contributed by atoms with Crippen molar-refractivity contribution >= 4 is 11.9 Å². The first-order valence-electron chi connectivity index (χ1n) is 9.36. The Morgan fingerprint density at radius 1 is 1.45 bits per heavy atom. The van der Waals surface area contributed by atoms with Crippen molar-refractivity contribution in [3.05, 3.63) is 35.5 Å². The highest BCUT2D eigenvalue weighted by atomic mass is 16.5. The summed E-state index contributed by atoms with van der Waals surface area (Å²) in [5.74, 6) is 1.60. The molecule has 8 nitrogen and oxygen atoms in total. The largest absolute Gasteiger partial charge is 0.490 e. The number of fused-ring (bicyclic) bond motifs is 3. The summed E-state index contributed by atoms with van der Waals surface area (Å²) < 4.78 is 11.6. The van der Waals surface area contributed by atoms with Gasteiger partial charge in [-0.15, -0.1) is 0 Å². The van der Waals surface area contributed by atoms with Gasteiger partial charge in [0.2, 0.25) is 0 Å². The van der Waals surface area contributed by atoms with E-state index in [0.29, 0.717) is 41.0 Å². The number of nitrogens with zero attached hydrogens (tertiary/aromatic N) is 3. The van der Waals surface area contributed by atoms with Crippen LogP contribution in [0.15, 0.2) is 24.4 Å². The summed E-state index contributed by atoms with van der Waals surface area (Å²) in [7, 11) is 1.43. The van der Waals surface area contributed by atoms with E-state index >= 15 is 0 Å². The van der Waals surface area contributed by atoms with E-state index < -0.39 is 6.09 Å². The number of ether oxygens (including phenoxy) is 2. The van der Waals surface area contributed by atoms with Crippen LogP contribution in [-0.4, -0.2) is 35.9 Å². The molecule has 0 bridgehead atoms. The first-order chi connectivity index (χ1) is 13.8. The van der Waals surface area contributed by atoms with Gasteiger partial charge >= 0.3 is 6.09 Å². The highest BCUT2D eigenvalue weighted by Gasteiger charge is 2.25. The van der Waals surface area contributed by atoms with E-state index in [0.717, 1.165) is 22.4 Å². The molecule has 3 rings (SSSR count). The third-order valence-electron chi connectivity index (χ3n) is 4.72. The smallest absolute Gasteiger partial charge is 0.412 e. The summed E-state index contributed by atoms with van der Waals surface area (Å²) in [5.41, 5.74) is 8.68. The van der Waals surface area contributed by atoms with Gasteiger partial charge < -0.3 is 20.3 Å². The third kappa shape index (κ3) is 4.25. The molecule has 29 heavy (non-hydrogen) atoms. The van der Waals surface area contributed by atoms with Crippen molar-refractivity contribution in [1.82, 2.24) is 4.98 Å². The minimum atomic E-state index is -1.11. The van der Waals surface area contributed by atoms with Crippen LogP contribution in [0.5, 0.6) is 11.5 Å². The van der Waals surface area contributed by atoms with Crippen LogP contribution in [0.1, 0.15) is 31.4 Å². The van der Waals surface area contributed by atoms with Gasteiger partial charge in [0.25, 0.3) is 0 Å². The van der Waals surface area contributed by atoms with Crippen molar-refractivity contribution in [1.29, 1.82) is 5.26 Å². The number of carbonyl (C=O) groups is 1. The van der Waals surface area contributed by atoms with E-state index in [4.69, 9.17) is 15.2 Å². The number of amides is 1. The summed E-state index contributed by atoms with van der Waals surface area (Å²) in [5, 5.41) is 18.9. The van der Waals surface area contributed by atoms with Gasteiger partial charge in [-0.25, -0.2) is 9.78 Å². The van der Waals surface area contributed by atoms with Gasteiger partial charge in [0.15, 0.2) is 0 Å². The molecule has 1 amide bonds. The molecule has 8 heteroatoms. The summed E-state index contributed by atoms with van der Waals surface area (Å²) >= 11 is 0. The average molecular weight is 396 g/mol. The summed E-state index contributed by atoms with van der Waals surface area (Å²) in [6, 6.07) is 7.25. The molecule has 0 saturated carbocycles. The van der Waals surface area contributed by atoms with Crippen molar-refractivity contribution < 1.29 is 19.4 Å². The number of hydrogen-bond acceptors (Lipinski definition) is 6. The molecule has 1 aliphatic rings. The molecule has 0 aliphatic carbocycles. The van der Waals surface area contributed by atoms with E-state index in [1.807, 2.05) is 6.07 Å². The first kappa shape index (κ1) is 20.4. The fourth-order valence-electron chi connectivity index (χ4n) is 3.29. The molecule has 0 saturated heterocycles. The van der Waals surface area contributed by atoms with Crippen LogP contribution < -0.4 is 20.1 Å². The molecular weight excluding hydrogens is 372 g/mol. The SMILES string of the molecule is CC(C)C[C@H](N)COc1ccc2c(c1C#N)OCc1cnc(N(C)C(=O)O)cc1-2. The van der Waals surface area contributed by atoms with Crippen LogP contribution in [0.2, 0.25) is 0 Å². The standard InChI is InChI=1S/C21H24N4O4/c1-12(2)6-14(23)11-28-18-5-4-15-16-7-19(25(3)21(26)27)24-9-13(16)10-29-20(15)17(18)8-22/h4-5,7,9,12,14H,6,10-11,23H2,1-3H3,(H,26,27)/t14-/m0/s1. The molecule has 1 aromatic carbocycles. The zero-order valence-electron chi connectivity index (χ0n) is 16.7. The Kier molecular flexibility index (Phi) is 5.89. The van der Waals surface area contributed by atoms with Gasteiger partial charge in [-0.1, -0.05) is 13.8 Å². The second-order valence-corrected chi connectivity index (χ2v) is 7.46. The number of hydrogen-bond donors (Lipinski definition) is 2. The quantitative estimate of drug-likeness (QED) is 0.767. The van der Waals surface area contributed by atoms with Crippen molar-refractivity contribution in [2.24, 2.45) is 11.7 Å². The number of carboxylic acid groups (broad SMARTS) is 1. The lowest BCUT2D eigenvalue weighted by Crippen LogP contribution is -2.29. The lowest BCUT2D eigenvalue weighted by molar-refractivity contribution is 0.203. The minimum Gasteiger partial charge on any atom is -0.490 e. The Hall–Kier alpha value is -3.31. The van der Waals surface area contributed by atoms with Gasteiger partial charge in [-0.3, -0.25) is 4.90 Å². The normalized spacial score (nSPS) is 13.0. The molecule has 1 aliphatic heterocycles. The van der Waals surface area contributed by atoms with Gasteiger partial charge in [0.1, 0.15) is 42.2 Å². The Morgan fingerprint density at radius 3 is 2.86 bits per heavy atom. The molecule has 0 unspecified atom stereocenters. The lowest BCUT2D eigenvalue weighted by atomic mass is 9.96. The predicted molar refractivity (Wildman–Crippen MR) is 108 cm³/mol. The van der Waals surface area contributed by atoms with E-state index in [9.17, 15) is 15.2 Å². The number of pyridine rings is 1. The van der Waals surface area contributed by atoms with Gasteiger partial charge in [-0.2, -0.15) is 5.26 Å². The number of aromatic nitrogens is 1. The van der Waals surface area contributed by atoms with Crippen LogP contribution in [0.25, 0.3) is 11.1 Å². The molecular formula is C21H24N4O4. The van der Waals surface area contributed by atoms with Crippen molar-refractivity contribution in [3.63, 3.8) is 0 Å². The van der Waals surface area contributed by atoms with E-state index in [-0.39, 0.29) is 12.6 Å². The van der Waals surface area contributed by atoms with Crippen LogP contribution in [-0.2, 0) is 6.61 Å². The summed E-state index contributed by atoms with van der Waals surface area (Å²) in [6.07, 6.45) is 1.31. The topological polar surface area (TPSA) is 122 Å². The lowest BCUT2D eigenvalue weighted by Gasteiger charge is -2.24. The first-order valence-corrected chi connectivity index (χ1v) is 9.36. The van der Waals surface area contributed by atoms with Gasteiger partial charge in [0.05, 0.1) is 0 Å². The van der Waals surface area contributed by atoms with E-state index in [1.54, 1.807) is 18.3 Å². The number of nitrogens with two attached hydrogens (primary N) is 1. The molecule has 3 N–H and O–H groups in total. The number of anilines is 1. The number of benzene rings is 1. The third-order valence-corrected chi connectivity index (χ3v) is 4.72. The summed E-state index contributed by atoms with van der Waals surface area (Å²) in [4.78, 5) is 16.5. The average Bonchev–Trinajstić information content (AvgIpc) is 2.69. The summed E-state index contributed by atoms with van der Waals surface area (Å²) in [6.45, 7) is 4.72. The molecule has 2 aromatic rings. The molecule has 0 spiro atoms. The van der Waals surface area contributed by atoms with Gasteiger partial charge in [0, 0.05) is 30.4 Å². The van der Waals surface area contributed by atoms with Crippen LogP contribution in [0.3, 0.4) is 0 Å². The highest BCUT2D eigenvalue weighted by molar-refractivity contribution is 5.87. The van der Waals surface area contributed by atoms with Crippen molar-refractivity contribution in [3.8, 4) is 28.7 Å². The zero-order valence-corrected chi connectivity index (χ0v) is 16.7. The minimum absolute atomic E-state index is 0.126. The van der Waals surface area contributed by atoms with Crippen LogP contribution >= 0.6 is 0 Å². The Labute approximate surface area is 169 Å². The molecule has 2 heterocycles. The van der Waals surface area contributed by atoms with Crippen molar-refractivity contribution in [2.75, 3.05) is 18.6 Å². The monoisotopic (exact) mass is 396 g/mol. The van der Waals surface area contributed by atoms with Gasteiger partial charge in [-0.05, 0) is 36.1 Å². The Morgan fingerprint density at radius 2 is 2.21 bits per heavy atom. The molecule has 0 fully saturated rings. The molecule has 1 atom stereocenters. The molecule has 0 radical (unpaired) electrons. The van der Waals surface area contributed by atoms with Crippen LogP contribution in [0.4, 0.5) is 10.6 Å². The second kappa shape index (κ2) is 8.37. The number of nitriles is 1. The fourth-order valence-corrected chi connectivity index (χ4v) is 3.29. The Balaban J connectivity index is 1.94. The maximum atomic E-state index is 11.2. The zero-order chi connectivity index (χ0) is 21.1. The predicted octanol–water partition coefficient (Wildman–Crippen LogP) is 3.38. The van der Waals surface area contributed by atoms with Crippen LogP contribution in [0, 0.1) is 17.2 Å².